The number of aliphatic carboxylic acids is 1. The van der Waals surface area contributed by atoms with Crippen LogP contribution >= 0.6 is 11.8 Å². The van der Waals surface area contributed by atoms with Gasteiger partial charge in [-0.25, -0.2) is 9.59 Å². The van der Waals surface area contributed by atoms with Gasteiger partial charge in [0.05, 0.1) is 12.5 Å². The van der Waals surface area contributed by atoms with E-state index in [0.29, 0.717) is 12.4 Å². The number of benzene rings is 2. The number of thioether (sulfide) groups is 1. The average Bonchev–Trinajstić information content (AvgIpc) is 3.55. The summed E-state index contributed by atoms with van der Waals surface area (Å²) in [5, 5.41) is 12.2. The van der Waals surface area contributed by atoms with E-state index >= 15 is 0 Å². The molecule has 2 saturated heterocycles. The highest BCUT2D eigenvalue weighted by molar-refractivity contribution is 7.99. The van der Waals surface area contributed by atoms with E-state index < -0.39 is 29.6 Å². The zero-order chi connectivity index (χ0) is 23.0. The van der Waals surface area contributed by atoms with Gasteiger partial charge in [-0.2, -0.15) is 0 Å². The van der Waals surface area contributed by atoms with E-state index in [2.05, 4.69) is 17.4 Å². The van der Waals surface area contributed by atoms with Crippen LogP contribution in [0.1, 0.15) is 23.5 Å². The normalized spacial score (nSPS) is 23.8. The molecule has 8 nitrogen and oxygen atoms in total. The summed E-state index contributed by atoms with van der Waals surface area (Å²) in [5.41, 5.74) is 3.13. The number of alkyl carbamates (subject to hydrolysis) is 1. The Hall–Kier alpha value is -3.04. The minimum atomic E-state index is -1.32. The highest BCUT2D eigenvalue weighted by Gasteiger charge is 2.50. The molecule has 9 heteroatoms. The van der Waals surface area contributed by atoms with Crippen molar-refractivity contribution >= 4 is 29.7 Å². The number of nitrogens with one attached hydrogen (secondary N) is 1. The van der Waals surface area contributed by atoms with Crippen molar-refractivity contribution in [3.05, 3.63) is 59.7 Å². The lowest BCUT2D eigenvalue weighted by Crippen LogP contribution is -2.62. The zero-order valence-electron chi connectivity index (χ0n) is 17.9. The van der Waals surface area contributed by atoms with Crippen LogP contribution in [0.4, 0.5) is 4.79 Å². The third-order valence-corrected chi connectivity index (χ3v) is 7.56. The summed E-state index contributed by atoms with van der Waals surface area (Å²) in [5.74, 6) is -0.997. The Morgan fingerprint density at radius 3 is 2.39 bits per heavy atom. The molecule has 2 unspecified atom stereocenters. The van der Waals surface area contributed by atoms with Gasteiger partial charge < -0.3 is 24.8 Å². The van der Waals surface area contributed by atoms with Gasteiger partial charge in [0.15, 0.2) is 0 Å². The summed E-state index contributed by atoms with van der Waals surface area (Å²) in [6.07, 6.45) is -0.446. The minimum Gasteiger partial charge on any atom is -0.480 e. The summed E-state index contributed by atoms with van der Waals surface area (Å²) in [4.78, 5) is 39.0. The van der Waals surface area contributed by atoms with Crippen LogP contribution in [0.5, 0.6) is 0 Å². The van der Waals surface area contributed by atoms with Crippen LogP contribution in [0.2, 0.25) is 0 Å². The Morgan fingerprint density at radius 1 is 1.12 bits per heavy atom. The summed E-state index contributed by atoms with van der Waals surface area (Å²) in [6.45, 7) is 0.417. The quantitative estimate of drug-likeness (QED) is 0.695. The maximum absolute atomic E-state index is 13.3. The molecule has 2 aromatic rings. The smallest absolute Gasteiger partial charge is 0.408 e. The van der Waals surface area contributed by atoms with Crippen LogP contribution in [0.25, 0.3) is 11.1 Å². The first kappa shape index (κ1) is 21.8. The number of rotatable bonds is 5. The predicted molar refractivity (Wildman–Crippen MR) is 122 cm³/mol. The van der Waals surface area contributed by atoms with Crippen molar-refractivity contribution in [3.8, 4) is 11.1 Å². The van der Waals surface area contributed by atoms with Gasteiger partial charge in [0, 0.05) is 24.7 Å². The Kier molecular flexibility index (Phi) is 5.76. The average molecular weight is 469 g/mol. The second kappa shape index (κ2) is 8.72. The van der Waals surface area contributed by atoms with Crippen molar-refractivity contribution in [2.75, 3.05) is 31.5 Å². The van der Waals surface area contributed by atoms with Crippen LogP contribution in [0, 0.1) is 0 Å². The Labute approximate surface area is 195 Å². The van der Waals surface area contributed by atoms with E-state index in [1.807, 2.05) is 36.4 Å². The lowest BCUT2D eigenvalue weighted by molar-refractivity contribution is -0.150. The number of hydrogen-bond acceptors (Lipinski definition) is 6. The number of amides is 2. The van der Waals surface area contributed by atoms with Crippen LogP contribution in [-0.2, 0) is 19.1 Å². The van der Waals surface area contributed by atoms with Crippen molar-refractivity contribution in [1.82, 2.24) is 10.2 Å². The van der Waals surface area contributed by atoms with Crippen molar-refractivity contribution < 1.29 is 29.0 Å². The fourth-order valence-corrected chi connectivity index (χ4v) is 5.98. The molecule has 5 rings (SSSR count). The number of carbonyl (C=O) groups is 3. The zero-order valence-corrected chi connectivity index (χ0v) is 18.7. The molecule has 2 fully saturated rings. The van der Waals surface area contributed by atoms with E-state index in [0.717, 1.165) is 22.3 Å². The first-order valence-electron chi connectivity index (χ1n) is 10.8. The molecule has 2 aliphatic heterocycles. The topological polar surface area (TPSA) is 105 Å². The number of nitrogens with zero attached hydrogens (tertiary/aromatic N) is 1. The fraction of sp³-hybridized carbons (Fsp3) is 0.375. The van der Waals surface area contributed by atoms with Crippen molar-refractivity contribution in [2.45, 2.75) is 23.9 Å². The second-order valence-corrected chi connectivity index (χ2v) is 9.46. The fourth-order valence-electron chi connectivity index (χ4n) is 4.84. The summed E-state index contributed by atoms with van der Waals surface area (Å²) >= 11 is 1.38. The molecule has 2 amide bonds. The number of fused-ring (bicyclic) bond motifs is 3. The molecule has 0 saturated carbocycles. The van der Waals surface area contributed by atoms with E-state index in [1.165, 1.54) is 16.7 Å². The van der Waals surface area contributed by atoms with Crippen LogP contribution in [-0.4, -0.2) is 71.0 Å². The number of carboxylic acid groups (broad SMARTS) is 1. The monoisotopic (exact) mass is 468 g/mol. The third-order valence-electron chi connectivity index (χ3n) is 6.54. The Bertz CT molecular complexity index is 1050. The molecule has 2 atom stereocenters. The molecule has 0 aromatic heterocycles. The summed E-state index contributed by atoms with van der Waals surface area (Å²) < 4.78 is 11.1. The molecule has 2 heterocycles. The van der Waals surface area contributed by atoms with Gasteiger partial charge in [0.1, 0.15) is 18.2 Å². The standard InChI is InChI=1S/C24H24N2O6S/c27-21(28)20-12-33-14-26(20)22(29)24(9-10-31-13-24)25-23(30)32-11-19-17-7-3-1-5-15(17)16-6-2-4-8-18(16)19/h1-8,19-20H,9-14H2,(H,25,30)(H,27,28). The van der Waals surface area contributed by atoms with Gasteiger partial charge in [-0.3, -0.25) is 4.79 Å². The maximum Gasteiger partial charge on any atom is 0.408 e. The largest absolute Gasteiger partial charge is 0.480 e. The molecule has 172 valence electrons. The second-order valence-electron chi connectivity index (χ2n) is 8.46. The summed E-state index contributed by atoms with van der Waals surface area (Å²) in [7, 11) is 0. The molecular formula is C24H24N2O6S. The molecule has 2 N–H and O–H groups in total. The third kappa shape index (κ3) is 3.85. The van der Waals surface area contributed by atoms with Crippen molar-refractivity contribution in [3.63, 3.8) is 0 Å². The molecule has 0 bridgehead atoms. The van der Waals surface area contributed by atoms with Crippen molar-refractivity contribution in [1.29, 1.82) is 0 Å². The highest BCUT2D eigenvalue weighted by Crippen LogP contribution is 2.44. The minimum absolute atomic E-state index is 0.0104. The molecule has 0 radical (unpaired) electrons. The van der Waals surface area contributed by atoms with Gasteiger partial charge in [-0.1, -0.05) is 48.5 Å². The number of carboxylic acids is 1. The number of carbonyl (C=O) groups excluding carboxylic acids is 2. The SMILES string of the molecule is O=C(NC1(C(=O)N2CSCC2C(=O)O)CCOC1)OCC1c2ccccc2-c2ccccc21. The Morgan fingerprint density at radius 2 is 1.79 bits per heavy atom. The van der Waals surface area contributed by atoms with Crippen LogP contribution in [0.15, 0.2) is 48.5 Å². The number of hydrogen-bond donors (Lipinski definition) is 2. The van der Waals surface area contributed by atoms with Gasteiger partial charge in [-0.15, -0.1) is 11.8 Å². The van der Waals surface area contributed by atoms with E-state index in [-0.39, 0.29) is 31.4 Å². The van der Waals surface area contributed by atoms with Gasteiger partial charge in [0.25, 0.3) is 5.91 Å². The first-order chi connectivity index (χ1) is 16.0. The molecular weight excluding hydrogens is 444 g/mol. The number of ether oxygens (including phenoxy) is 2. The molecule has 3 aliphatic rings. The molecule has 2 aromatic carbocycles. The molecule has 1 aliphatic carbocycles. The molecule has 33 heavy (non-hydrogen) atoms. The van der Waals surface area contributed by atoms with E-state index in [4.69, 9.17) is 9.47 Å². The lowest BCUT2D eigenvalue weighted by atomic mass is 9.96. The van der Waals surface area contributed by atoms with E-state index in [9.17, 15) is 19.5 Å². The van der Waals surface area contributed by atoms with Crippen LogP contribution < -0.4 is 5.32 Å². The highest BCUT2D eigenvalue weighted by atomic mass is 32.2. The lowest BCUT2D eigenvalue weighted by Gasteiger charge is -2.33. The van der Waals surface area contributed by atoms with Gasteiger partial charge in [0.2, 0.25) is 0 Å². The van der Waals surface area contributed by atoms with Crippen molar-refractivity contribution in [2.24, 2.45) is 0 Å². The predicted octanol–water partition coefficient (Wildman–Crippen LogP) is 2.67. The van der Waals surface area contributed by atoms with Gasteiger partial charge >= 0.3 is 12.1 Å². The van der Waals surface area contributed by atoms with Gasteiger partial charge in [-0.05, 0) is 22.3 Å². The first-order valence-corrected chi connectivity index (χ1v) is 12.0. The maximum atomic E-state index is 13.3. The summed E-state index contributed by atoms with van der Waals surface area (Å²) in [6, 6.07) is 15.2. The van der Waals surface area contributed by atoms with Crippen LogP contribution in [0.3, 0.4) is 0 Å². The molecule has 0 spiro atoms. The van der Waals surface area contributed by atoms with E-state index in [1.54, 1.807) is 0 Å². The Balaban J connectivity index is 1.30.